The van der Waals surface area contributed by atoms with Crippen LogP contribution in [0.1, 0.15) is 45.6 Å². The number of benzene rings is 1. The van der Waals surface area contributed by atoms with Crippen LogP contribution in [0.5, 0.6) is 0 Å². The summed E-state index contributed by atoms with van der Waals surface area (Å²) in [4.78, 5) is 23.2. The molecule has 1 unspecified atom stereocenters. The fraction of sp³-hybridized carbons (Fsp3) is 0.529. The van der Waals surface area contributed by atoms with Gasteiger partial charge in [0.05, 0.1) is 0 Å². The molecule has 0 spiro atoms. The van der Waals surface area contributed by atoms with Crippen molar-refractivity contribution < 1.29 is 14.7 Å². The first-order chi connectivity index (χ1) is 9.86. The maximum atomic E-state index is 12.2. The van der Waals surface area contributed by atoms with Crippen molar-refractivity contribution in [3.8, 4) is 0 Å². The molecule has 0 saturated heterocycles. The third kappa shape index (κ3) is 5.58. The van der Waals surface area contributed by atoms with Crippen LogP contribution in [-0.2, 0) is 16.0 Å². The molecule has 0 heterocycles. The van der Waals surface area contributed by atoms with Gasteiger partial charge < -0.3 is 10.4 Å². The molecule has 0 aliphatic carbocycles. The van der Waals surface area contributed by atoms with Crippen molar-refractivity contribution in [2.24, 2.45) is 5.41 Å². The van der Waals surface area contributed by atoms with E-state index in [1.807, 2.05) is 32.0 Å². The predicted octanol–water partition coefficient (Wildman–Crippen LogP) is 3.01. The number of hydrogen-bond acceptors (Lipinski definition) is 2. The number of hydrogen-bond donors (Lipinski definition) is 2. The zero-order valence-electron chi connectivity index (χ0n) is 13.1. The largest absolute Gasteiger partial charge is 0.480 e. The van der Waals surface area contributed by atoms with Crippen LogP contribution in [0.2, 0.25) is 0 Å². The Labute approximate surface area is 126 Å². The van der Waals surface area contributed by atoms with E-state index < -0.39 is 17.4 Å². The lowest BCUT2D eigenvalue weighted by atomic mass is 9.85. The van der Waals surface area contributed by atoms with Crippen LogP contribution in [0.3, 0.4) is 0 Å². The first-order valence-electron chi connectivity index (χ1n) is 7.44. The van der Waals surface area contributed by atoms with Crippen LogP contribution in [0, 0.1) is 5.41 Å². The molecule has 116 valence electrons. The number of rotatable bonds is 8. The number of carbonyl (C=O) groups excluding carboxylic acids is 1. The van der Waals surface area contributed by atoms with Crippen LogP contribution in [0.15, 0.2) is 30.3 Å². The van der Waals surface area contributed by atoms with E-state index in [0.29, 0.717) is 6.42 Å². The summed E-state index contributed by atoms with van der Waals surface area (Å²) < 4.78 is 0. The maximum absolute atomic E-state index is 12.2. The molecule has 0 bridgehead atoms. The van der Waals surface area contributed by atoms with Gasteiger partial charge in [0.25, 0.3) is 0 Å². The second-order valence-corrected chi connectivity index (χ2v) is 6.00. The Hall–Kier alpha value is -1.84. The summed E-state index contributed by atoms with van der Waals surface area (Å²) in [7, 11) is 0. The Morgan fingerprint density at radius 2 is 1.86 bits per heavy atom. The minimum absolute atomic E-state index is 0.190. The Bertz CT molecular complexity index is 468. The summed E-state index contributed by atoms with van der Waals surface area (Å²) in [6, 6.07) is 9.34. The first kappa shape index (κ1) is 17.2. The number of carbonyl (C=O) groups is 2. The van der Waals surface area contributed by atoms with Gasteiger partial charge in [-0.05, 0) is 31.2 Å². The molecule has 0 radical (unpaired) electrons. The first-order valence-corrected chi connectivity index (χ1v) is 7.44. The van der Waals surface area contributed by atoms with Gasteiger partial charge in [0.1, 0.15) is 6.04 Å². The highest BCUT2D eigenvalue weighted by atomic mass is 16.4. The summed E-state index contributed by atoms with van der Waals surface area (Å²) >= 11 is 0. The second kappa shape index (κ2) is 7.81. The minimum Gasteiger partial charge on any atom is -0.480 e. The van der Waals surface area contributed by atoms with Crippen LogP contribution in [0.4, 0.5) is 0 Å². The lowest BCUT2D eigenvalue weighted by Crippen LogP contribution is -2.46. The van der Waals surface area contributed by atoms with Crippen molar-refractivity contribution in [1.29, 1.82) is 0 Å². The molecular weight excluding hydrogens is 266 g/mol. The number of amides is 1. The average molecular weight is 291 g/mol. The van der Waals surface area contributed by atoms with E-state index in [0.717, 1.165) is 19.3 Å². The second-order valence-electron chi connectivity index (χ2n) is 6.00. The fourth-order valence-corrected chi connectivity index (χ4v) is 2.18. The summed E-state index contributed by atoms with van der Waals surface area (Å²) in [6.45, 7) is 5.48. The Kier molecular flexibility index (Phi) is 6.40. The van der Waals surface area contributed by atoms with Crippen molar-refractivity contribution in [1.82, 2.24) is 5.32 Å². The van der Waals surface area contributed by atoms with Gasteiger partial charge in [-0.2, -0.15) is 0 Å². The molecule has 0 saturated carbocycles. The zero-order valence-corrected chi connectivity index (χ0v) is 13.1. The molecule has 2 N–H and O–H groups in total. The standard InChI is InChI=1S/C17H25NO3/c1-4-14(15(19)20)18-16(21)17(2,3)12-8-11-13-9-6-5-7-10-13/h5-7,9-10,14H,4,8,11-12H2,1-3H3,(H,18,21)(H,19,20). The van der Waals surface area contributed by atoms with E-state index in [-0.39, 0.29) is 5.91 Å². The predicted molar refractivity (Wildman–Crippen MR) is 83.0 cm³/mol. The van der Waals surface area contributed by atoms with Gasteiger partial charge in [-0.3, -0.25) is 4.79 Å². The van der Waals surface area contributed by atoms with E-state index >= 15 is 0 Å². The monoisotopic (exact) mass is 291 g/mol. The van der Waals surface area contributed by atoms with Crippen LogP contribution < -0.4 is 5.32 Å². The van der Waals surface area contributed by atoms with Gasteiger partial charge in [-0.1, -0.05) is 51.1 Å². The van der Waals surface area contributed by atoms with E-state index in [2.05, 4.69) is 17.4 Å². The number of carboxylic acids is 1. The molecule has 4 heteroatoms. The highest BCUT2D eigenvalue weighted by Crippen LogP contribution is 2.24. The van der Waals surface area contributed by atoms with Gasteiger partial charge in [-0.25, -0.2) is 4.79 Å². The molecule has 1 aromatic rings. The average Bonchev–Trinajstić information content (AvgIpc) is 2.45. The van der Waals surface area contributed by atoms with Crippen molar-refractivity contribution in [2.75, 3.05) is 0 Å². The van der Waals surface area contributed by atoms with Crippen LogP contribution in [0.25, 0.3) is 0 Å². The highest BCUT2D eigenvalue weighted by molar-refractivity contribution is 5.86. The summed E-state index contributed by atoms with van der Waals surface area (Å²) in [5.41, 5.74) is 0.697. The van der Waals surface area contributed by atoms with Gasteiger partial charge >= 0.3 is 5.97 Å². The van der Waals surface area contributed by atoms with Crippen LogP contribution >= 0.6 is 0 Å². The molecule has 1 atom stereocenters. The van der Waals surface area contributed by atoms with Crippen molar-refractivity contribution >= 4 is 11.9 Å². The molecule has 0 fully saturated rings. The lowest BCUT2D eigenvalue weighted by Gasteiger charge is -2.25. The Balaban J connectivity index is 2.48. The SMILES string of the molecule is CCC(NC(=O)C(C)(C)CCCc1ccccc1)C(=O)O. The molecule has 0 aliphatic heterocycles. The topological polar surface area (TPSA) is 66.4 Å². The smallest absolute Gasteiger partial charge is 0.326 e. The van der Waals surface area contributed by atoms with Gasteiger partial charge in [0.2, 0.25) is 5.91 Å². The fourth-order valence-electron chi connectivity index (χ4n) is 2.18. The van der Waals surface area contributed by atoms with E-state index in [1.54, 1.807) is 6.92 Å². The van der Waals surface area contributed by atoms with E-state index in [4.69, 9.17) is 5.11 Å². The van der Waals surface area contributed by atoms with Crippen molar-refractivity contribution in [3.05, 3.63) is 35.9 Å². The van der Waals surface area contributed by atoms with Gasteiger partial charge in [0, 0.05) is 5.41 Å². The number of aryl methyl sites for hydroxylation is 1. The molecule has 21 heavy (non-hydrogen) atoms. The number of aliphatic carboxylic acids is 1. The lowest BCUT2D eigenvalue weighted by molar-refractivity contribution is -0.143. The summed E-state index contributed by atoms with van der Waals surface area (Å²) in [5, 5.41) is 11.6. The quantitative estimate of drug-likeness (QED) is 0.773. The zero-order chi connectivity index (χ0) is 15.9. The molecule has 1 rings (SSSR count). The number of nitrogens with one attached hydrogen (secondary N) is 1. The minimum atomic E-state index is -0.981. The summed E-state index contributed by atoms with van der Waals surface area (Å²) in [6.07, 6.45) is 2.94. The molecule has 4 nitrogen and oxygen atoms in total. The molecular formula is C17H25NO3. The highest BCUT2D eigenvalue weighted by Gasteiger charge is 2.30. The maximum Gasteiger partial charge on any atom is 0.326 e. The van der Waals surface area contributed by atoms with Crippen molar-refractivity contribution in [3.63, 3.8) is 0 Å². The normalized spacial score (nSPS) is 12.7. The third-order valence-corrected chi connectivity index (χ3v) is 3.74. The van der Waals surface area contributed by atoms with Crippen molar-refractivity contribution in [2.45, 2.75) is 52.5 Å². The molecule has 1 amide bonds. The third-order valence-electron chi connectivity index (χ3n) is 3.74. The molecule has 1 aromatic carbocycles. The van der Waals surface area contributed by atoms with E-state index in [9.17, 15) is 9.59 Å². The van der Waals surface area contributed by atoms with E-state index in [1.165, 1.54) is 5.56 Å². The molecule has 0 aromatic heterocycles. The van der Waals surface area contributed by atoms with Gasteiger partial charge in [0.15, 0.2) is 0 Å². The summed E-state index contributed by atoms with van der Waals surface area (Å²) in [5.74, 6) is -1.17. The van der Waals surface area contributed by atoms with Gasteiger partial charge in [-0.15, -0.1) is 0 Å². The van der Waals surface area contributed by atoms with Crippen LogP contribution in [-0.4, -0.2) is 23.0 Å². The Morgan fingerprint density at radius 3 is 2.38 bits per heavy atom. The molecule has 0 aliphatic rings. The Morgan fingerprint density at radius 1 is 1.24 bits per heavy atom. The number of carboxylic acid groups (broad SMARTS) is 1.